The average molecular weight is 222 g/mol. The van der Waals surface area contributed by atoms with Crippen LogP contribution in [0.25, 0.3) is 10.9 Å². The normalized spacial score (nSPS) is 11.2. The predicted octanol–water partition coefficient (Wildman–Crippen LogP) is 2.16. The highest BCUT2D eigenvalue weighted by Crippen LogP contribution is 2.25. The lowest BCUT2D eigenvalue weighted by Gasteiger charge is -2.02. The summed E-state index contributed by atoms with van der Waals surface area (Å²) in [7, 11) is 1.78. The Hall–Kier alpha value is -1.42. The lowest BCUT2D eigenvalue weighted by Crippen LogP contribution is -1.95. The molecule has 0 radical (unpaired) electrons. The fraction of sp³-hybridized carbons (Fsp3) is 0.417. The molecule has 0 fully saturated rings. The second-order valence-electron chi connectivity index (χ2n) is 3.91. The van der Waals surface area contributed by atoms with Crippen LogP contribution in [-0.2, 0) is 20.1 Å². The van der Waals surface area contributed by atoms with Gasteiger partial charge in [-0.3, -0.25) is 4.68 Å². The number of aliphatic hydroxyl groups excluding tert-OH is 1. The molecule has 1 heterocycles. The van der Waals surface area contributed by atoms with Crippen LogP contribution in [0.3, 0.4) is 0 Å². The highest BCUT2D eigenvalue weighted by atomic mass is 19.1. The standard InChI is InChI=1S/C12H15FN2O/c1-3-4-10-11-9(13)6-5-8(7-16)12(11)15(2)14-10/h5-6,16H,3-4,7H2,1-2H3. The van der Waals surface area contributed by atoms with E-state index in [-0.39, 0.29) is 12.4 Å². The molecule has 0 atom stereocenters. The summed E-state index contributed by atoms with van der Waals surface area (Å²) in [6.45, 7) is 1.94. The molecule has 0 amide bonds. The van der Waals surface area contributed by atoms with E-state index in [1.807, 2.05) is 6.92 Å². The third-order valence-corrected chi connectivity index (χ3v) is 2.75. The minimum atomic E-state index is -0.260. The fourth-order valence-electron chi connectivity index (χ4n) is 2.07. The quantitative estimate of drug-likeness (QED) is 0.864. The van der Waals surface area contributed by atoms with Gasteiger partial charge in [0.25, 0.3) is 0 Å². The predicted molar refractivity (Wildman–Crippen MR) is 60.6 cm³/mol. The van der Waals surface area contributed by atoms with E-state index >= 15 is 0 Å². The Morgan fingerprint density at radius 2 is 2.19 bits per heavy atom. The smallest absolute Gasteiger partial charge is 0.134 e. The van der Waals surface area contributed by atoms with Crippen LogP contribution in [0.4, 0.5) is 4.39 Å². The largest absolute Gasteiger partial charge is 0.392 e. The van der Waals surface area contributed by atoms with E-state index in [9.17, 15) is 9.50 Å². The van der Waals surface area contributed by atoms with Gasteiger partial charge >= 0.3 is 0 Å². The number of halogens is 1. The zero-order chi connectivity index (χ0) is 11.7. The first kappa shape index (κ1) is 11.1. The van der Waals surface area contributed by atoms with Crippen molar-refractivity contribution in [3.8, 4) is 0 Å². The van der Waals surface area contributed by atoms with E-state index in [1.165, 1.54) is 6.07 Å². The van der Waals surface area contributed by atoms with E-state index < -0.39 is 0 Å². The Labute approximate surface area is 93.5 Å². The van der Waals surface area contributed by atoms with Crippen LogP contribution in [0.15, 0.2) is 12.1 Å². The summed E-state index contributed by atoms with van der Waals surface area (Å²) in [5.74, 6) is -0.260. The molecule has 4 heteroatoms. The molecule has 1 aromatic carbocycles. The number of hydrogen-bond acceptors (Lipinski definition) is 2. The molecule has 1 aromatic heterocycles. The highest BCUT2D eigenvalue weighted by Gasteiger charge is 2.15. The van der Waals surface area contributed by atoms with Crippen LogP contribution < -0.4 is 0 Å². The molecule has 0 saturated heterocycles. The van der Waals surface area contributed by atoms with E-state index in [0.717, 1.165) is 18.5 Å². The molecule has 0 unspecified atom stereocenters. The van der Waals surface area contributed by atoms with Crippen LogP contribution >= 0.6 is 0 Å². The number of rotatable bonds is 3. The van der Waals surface area contributed by atoms with Crippen LogP contribution in [0, 0.1) is 5.82 Å². The van der Waals surface area contributed by atoms with Gasteiger partial charge in [-0.2, -0.15) is 5.10 Å². The maximum Gasteiger partial charge on any atom is 0.134 e. The first-order valence-corrected chi connectivity index (χ1v) is 5.42. The van der Waals surface area contributed by atoms with Gasteiger partial charge < -0.3 is 5.11 Å². The summed E-state index contributed by atoms with van der Waals surface area (Å²) in [4.78, 5) is 0. The number of fused-ring (bicyclic) bond motifs is 1. The van der Waals surface area contributed by atoms with Crippen molar-refractivity contribution in [2.24, 2.45) is 7.05 Å². The molecular weight excluding hydrogens is 207 g/mol. The molecule has 2 aromatic rings. The Kier molecular flexibility index (Phi) is 2.92. The van der Waals surface area contributed by atoms with Crippen molar-refractivity contribution in [2.75, 3.05) is 0 Å². The first-order chi connectivity index (χ1) is 7.69. The highest BCUT2D eigenvalue weighted by molar-refractivity contribution is 5.85. The van der Waals surface area contributed by atoms with Gasteiger partial charge in [-0.25, -0.2) is 4.39 Å². The Bertz CT molecular complexity index is 519. The summed E-state index contributed by atoms with van der Waals surface area (Å²) in [6, 6.07) is 3.00. The lowest BCUT2D eigenvalue weighted by molar-refractivity contribution is 0.282. The van der Waals surface area contributed by atoms with Crippen molar-refractivity contribution in [2.45, 2.75) is 26.4 Å². The van der Waals surface area contributed by atoms with Crippen LogP contribution in [0.5, 0.6) is 0 Å². The van der Waals surface area contributed by atoms with Crippen molar-refractivity contribution in [3.63, 3.8) is 0 Å². The number of aryl methyl sites for hydroxylation is 2. The Morgan fingerprint density at radius 1 is 1.44 bits per heavy atom. The molecule has 0 aliphatic heterocycles. The molecule has 16 heavy (non-hydrogen) atoms. The van der Waals surface area contributed by atoms with Crippen LogP contribution in [0.2, 0.25) is 0 Å². The van der Waals surface area contributed by atoms with Crippen molar-refractivity contribution in [1.82, 2.24) is 9.78 Å². The number of aromatic nitrogens is 2. The summed E-state index contributed by atoms with van der Waals surface area (Å²) in [5, 5.41) is 14.1. The molecule has 3 nitrogen and oxygen atoms in total. The molecule has 0 aliphatic rings. The van der Waals surface area contributed by atoms with E-state index in [0.29, 0.717) is 16.5 Å². The van der Waals surface area contributed by atoms with Gasteiger partial charge in [0.1, 0.15) is 5.82 Å². The summed E-state index contributed by atoms with van der Waals surface area (Å²) >= 11 is 0. The van der Waals surface area contributed by atoms with Crippen LogP contribution in [0.1, 0.15) is 24.6 Å². The molecular formula is C12H15FN2O. The zero-order valence-corrected chi connectivity index (χ0v) is 9.50. The van der Waals surface area contributed by atoms with Crippen molar-refractivity contribution in [1.29, 1.82) is 0 Å². The summed E-state index contributed by atoms with van der Waals surface area (Å²) in [5.41, 5.74) is 2.19. The number of aliphatic hydroxyl groups is 1. The summed E-state index contributed by atoms with van der Waals surface area (Å²) in [6.07, 6.45) is 1.68. The Balaban J connectivity index is 2.77. The van der Waals surface area contributed by atoms with Gasteiger partial charge in [0, 0.05) is 12.6 Å². The minimum absolute atomic E-state index is 0.0954. The number of nitrogens with zero attached hydrogens (tertiary/aromatic N) is 2. The molecule has 1 N–H and O–H groups in total. The third kappa shape index (κ3) is 1.59. The SMILES string of the molecule is CCCc1nn(C)c2c(CO)ccc(F)c12. The van der Waals surface area contributed by atoms with Crippen LogP contribution in [-0.4, -0.2) is 14.9 Å². The first-order valence-electron chi connectivity index (χ1n) is 5.42. The molecule has 0 spiro atoms. The second kappa shape index (κ2) is 4.22. The fourth-order valence-corrected chi connectivity index (χ4v) is 2.07. The van der Waals surface area contributed by atoms with E-state index in [2.05, 4.69) is 5.10 Å². The third-order valence-electron chi connectivity index (χ3n) is 2.75. The molecule has 2 rings (SSSR count). The van der Waals surface area contributed by atoms with E-state index in [1.54, 1.807) is 17.8 Å². The lowest BCUT2D eigenvalue weighted by atomic mass is 10.1. The maximum atomic E-state index is 13.8. The molecule has 0 aliphatic carbocycles. The zero-order valence-electron chi connectivity index (χ0n) is 9.50. The van der Waals surface area contributed by atoms with Crippen molar-refractivity contribution < 1.29 is 9.50 Å². The molecule has 86 valence electrons. The monoisotopic (exact) mass is 222 g/mol. The van der Waals surface area contributed by atoms with E-state index in [4.69, 9.17) is 0 Å². The number of benzene rings is 1. The molecule has 0 bridgehead atoms. The minimum Gasteiger partial charge on any atom is -0.392 e. The number of hydrogen-bond donors (Lipinski definition) is 1. The van der Waals surface area contributed by atoms with Gasteiger partial charge in [0.15, 0.2) is 0 Å². The van der Waals surface area contributed by atoms with Gasteiger partial charge in [-0.1, -0.05) is 19.4 Å². The van der Waals surface area contributed by atoms with Gasteiger partial charge in [0.2, 0.25) is 0 Å². The topological polar surface area (TPSA) is 38.0 Å². The average Bonchev–Trinajstić information content (AvgIpc) is 2.59. The van der Waals surface area contributed by atoms with Crippen molar-refractivity contribution in [3.05, 3.63) is 29.2 Å². The maximum absolute atomic E-state index is 13.8. The van der Waals surface area contributed by atoms with Gasteiger partial charge in [-0.05, 0) is 12.5 Å². The summed E-state index contributed by atoms with van der Waals surface area (Å²) < 4.78 is 15.4. The molecule has 0 saturated carbocycles. The van der Waals surface area contributed by atoms with Crippen molar-refractivity contribution >= 4 is 10.9 Å². The van der Waals surface area contributed by atoms with Gasteiger partial charge in [-0.15, -0.1) is 0 Å². The van der Waals surface area contributed by atoms with Gasteiger partial charge in [0.05, 0.1) is 23.2 Å². The Morgan fingerprint density at radius 3 is 2.81 bits per heavy atom. The second-order valence-corrected chi connectivity index (χ2v) is 3.91.